The van der Waals surface area contributed by atoms with E-state index in [0.29, 0.717) is 6.04 Å². The summed E-state index contributed by atoms with van der Waals surface area (Å²) in [6.45, 7) is 4.92. The van der Waals surface area contributed by atoms with Gasteiger partial charge in [-0.1, -0.05) is 24.3 Å². The van der Waals surface area contributed by atoms with Crippen LogP contribution in [0.1, 0.15) is 42.5 Å². The zero-order chi connectivity index (χ0) is 13.2. The molecule has 1 heterocycles. The van der Waals surface area contributed by atoms with Gasteiger partial charge in [-0.05, 0) is 50.5 Å². The van der Waals surface area contributed by atoms with Crippen molar-refractivity contribution in [2.45, 2.75) is 31.3 Å². The number of fused-ring (bicyclic) bond motifs is 1. The molecule has 0 aromatic heterocycles. The van der Waals surface area contributed by atoms with Gasteiger partial charge in [0, 0.05) is 25.2 Å². The Bertz CT molecular complexity index is 426. The molecule has 1 aliphatic carbocycles. The highest BCUT2D eigenvalue weighted by Gasteiger charge is 2.30. The van der Waals surface area contributed by atoms with E-state index in [1.54, 1.807) is 0 Å². The quantitative estimate of drug-likeness (QED) is 0.899. The Balaban J connectivity index is 1.62. The van der Waals surface area contributed by atoms with E-state index in [4.69, 9.17) is 5.73 Å². The maximum absolute atomic E-state index is 6.26. The molecule has 0 saturated carbocycles. The number of nitrogens with two attached hydrogens (primary N) is 1. The van der Waals surface area contributed by atoms with Crippen molar-refractivity contribution in [1.82, 2.24) is 9.80 Å². The maximum atomic E-state index is 6.26. The van der Waals surface area contributed by atoms with Crippen LogP contribution in [0.5, 0.6) is 0 Å². The fourth-order valence-electron chi connectivity index (χ4n) is 3.53. The summed E-state index contributed by atoms with van der Waals surface area (Å²) in [6.07, 6.45) is 3.82. The molecule has 3 nitrogen and oxygen atoms in total. The van der Waals surface area contributed by atoms with E-state index in [9.17, 15) is 0 Å². The molecule has 19 heavy (non-hydrogen) atoms. The first kappa shape index (κ1) is 13.1. The van der Waals surface area contributed by atoms with Crippen LogP contribution in [-0.4, -0.2) is 43.0 Å². The van der Waals surface area contributed by atoms with Crippen LogP contribution >= 0.6 is 0 Å². The van der Waals surface area contributed by atoms with E-state index in [-0.39, 0.29) is 6.04 Å². The van der Waals surface area contributed by atoms with E-state index in [1.807, 2.05) is 0 Å². The predicted molar refractivity (Wildman–Crippen MR) is 79.0 cm³/mol. The second kappa shape index (κ2) is 5.61. The predicted octanol–water partition coefficient (Wildman–Crippen LogP) is 2.16. The first-order valence-electron chi connectivity index (χ1n) is 7.52. The van der Waals surface area contributed by atoms with E-state index < -0.39 is 0 Å². The van der Waals surface area contributed by atoms with Crippen molar-refractivity contribution in [3.05, 3.63) is 35.4 Å². The highest BCUT2D eigenvalue weighted by Crippen LogP contribution is 2.40. The SMILES string of the molecule is CN(CCN1CCCC1)C1CC(N)c2ccccc21. The Kier molecular flexibility index (Phi) is 3.87. The minimum atomic E-state index is 0.218. The third kappa shape index (κ3) is 2.69. The van der Waals surface area contributed by atoms with Gasteiger partial charge in [0.1, 0.15) is 0 Å². The number of rotatable bonds is 4. The third-order valence-electron chi connectivity index (χ3n) is 4.73. The first-order chi connectivity index (χ1) is 9.25. The van der Waals surface area contributed by atoms with Crippen LogP contribution in [0.2, 0.25) is 0 Å². The lowest BCUT2D eigenvalue weighted by Gasteiger charge is -2.27. The minimum absolute atomic E-state index is 0.218. The number of likely N-dealkylation sites (N-methyl/N-ethyl adjacent to an activating group) is 1. The molecule has 2 aliphatic rings. The summed E-state index contributed by atoms with van der Waals surface area (Å²) < 4.78 is 0. The molecule has 1 saturated heterocycles. The number of likely N-dealkylation sites (tertiary alicyclic amines) is 1. The monoisotopic (exact) mass is 259 g/mol. The molecular weight excluding hydrogens is 234 g/mol. The van der Waals surface area contributed by atoms with Crippen LogP contribution < -0.4 is 5.73 Å². The van der Waals surface area contributed by atoms with E-state index in [1.165, 1.54) is 43.6 Å². The summed E-state index contributed by atoms with van der Waals surface area (Å²) in [5.74, 6) is 0. The smallest absolute Gasteiger partial charge is 0.0366 e. The number of nitrogens with zero attached hydrogens (tertiary/aromatic N) is 2. The van der Waals surface area contributed by atoms with Gasteiger partial charge in [-0.2, -0.15) is 0 Å². The Morgan fingerprint density at radius 3 is 2.63 bits per heavy atom. The lowest BCUT2D eigenvalue weighted by atomic mass is 10.1. The topological polar surface area (TPSA) is 32.5 Å². The fraction of sp³-hybridized carbons (Fsp3) is 0.625. The molecule has 1 aromatic carbocycles. The van der Waals surface area contributed by atoms with Crippen molar-refractivity contribution < 1.29 is 0 Å². The Hall–Kier alpha value is -0.900. The van der Waals surface area contributed by atoms with Gasteiger partial charge in [0.05, 0.1) is 0 Å². The normalized spacial score (nSPS) is 27.1. The van der Waals surface area contributed by atoms with Gasteiger partial charge in [-0.15, -0.1) is 0 Å². The summed E-state index contributed by atoms with van der Waals surface area (Å²) in [5, 5.41) is 0. The highest BCUT2D eigenvalue weighted by molar-refractivity contribution is 5.37. The highest BCUT2D eigenvalue weighted by atomic mass is 15.2. The van der Waals surface area contributed by atoms with Crippen molar-refractivity contribution in [3.63, 3.8) is 0 Å². The van der Waals surface area contributed by atoms with Crippen LogP contribution in [0.15, 0.2) is 24.3 Å². The number of hydrogen-bond acceptors (Lipinski definition) is 3. The standard InChI is InChI=1S/C16H25N3/c1-18(10-11-19-8-4-5-9-19)16-12-15(17)13-6-2-3-7-14(13)16/h2-3,6-7,15-16H,4-5,8-12,17H2,1H3. The summed E-state index contributed by atoms with van der Waals surface area (Å²) in [7, 11) is 2.25. The van der Waals surface area contributed by atoms with Crippen molar-refractivity contribution in [2.75, 3.05) is 33.2 Å². The van der Waals surface area contributed by atoms with Gasteiger partial charge in [-0.3, -0.25) is 4.90 Å². The van der Waals surface area contributed by atoms with Crippen LogP contribution in [0.4, 0.5) is 0 Å². The molecule has 2 atom stereocenters. The minimum Gasteiger partial charge on any atom is -0.324 e. The average molecular weight is 259 g/mol. The molecule has 0 spiro atoms. The van der Waals surface area contributed by atoms with Gasteiger partial charge in [0.25, 0.3) is 0 Å². The van der Waals surface area contributed by atoms with Crippen LogP contribution in [0.25, 0.3) is 0 Å². The van der Waals surface area contributed by atoms with E-state index >= 15 is 0 Å². The van der Waals surface area contributed by atoms with Gasteiger partial charge < -0.3 is 10.6 Å². The molecule has 2 N–H and O–H groups in total. The van der Waals surface area contributed by atoms with Crippen molar-refractivity contribution in [3.8, 4) is 0 Å². The molecular formula is C16H25N3. The van der Waals surface area contributed by atoms with Crippen molar-refractivity contribution in [1.29, 1.82) is 0 Å². The summed E-state index contributed by atoms with van der Waals surface area (Å²) in [6, 6.07) is 9.40. The van der Waals surface area contributed by atoms with Crippen molar-refractivity contribution in [2.24, 2.45) is 5.73 Å². The third-order valence-corrected chi connectivity index (χ3v) is 4.73. The molecule has 2 unspecified atom stereocenters. The van der Waals surface area contributed by atoms with E-state index in [2.05, 4.69) is 41.1 Å². The Morgan fingerprint density at radius 1 is 1.21 bits per heavy atom. The number of hydrogen-bond donors (Lipinski definition) is 1. The average Bonchev–Trinajstić information content (AvgIpc) is 3.05. The van der Waals surface area contributed by atoms with Gasteiger partial charge in [0.15, 0.2) is 0 Å². The summed E-state index contributed by atoms with van der Waals surface area (Å²) in [4.78, 5) is 5.07. The Labute approximate surface area is 116 Å². The molecule has 0 bridgehead atoms. The van der Waals surface area contributed by atoms with E-state index in [0.717, 1.165) is 13.0 Å². The van der Waals surface area contributed by atoms with Crippen LogP contribution in [0, 0.1) is 0 Å². The molecule has 104 valence electrons. The Morgan fingerprint density at radius 2 is 1.89 bits per heavy atom. The summed E-state index contributed by atoms with van der Waals surface area (Å²) >= 11 is 0. The van der Waals surface area contributed by atoms with Crippen LogP contribution in [-0.2, 0) is 0 Å². The molecule has 1 fully saturated rings. The van der Waals surface area contributed by atoms with Gasteiger partial charge >= 0.3 is 0 Å². The van der Waals surface area contributed by atoms with Crippen molar-refractivity contribution >= 4 is 0 Å². The molecule has 1 aromatic rings. The molecule has 0 amide bonds. The maximum Gasteiger partial charge on any atom is 0.0366 e. The molecule has 0 radical (unpaired) electrons. The first-order valence-corrected chi connectivity index (χ1v) is 7.52. The fourth-order valence-corrected chi connectivity index (χ4v) is 3.53. The largest absolute Gasteiger partial charge is 0.324 e. The second-order valence-electron chi connectivity index (χ2n) is 6.02. The zero-order valence-corrected chi connectivity index (χ0v) is 11.9. The molecule has 3 rings (SSSR count). The molecule has 1 aliphatic heterocycles. The zero-order valence-electron chi connectivity index (χ0n) is 11.9. The van der Waals surface area contributed by atoms with Crippen LogP contribution in [0.3, 0.4) is 0 Å². The lowest BCUT2D eigenvalue weighted by molar-refractivity contribution is 0.201. The summed E-state index contributed by atoms with van der Waals surface area (Å²) in [5.41, 5.74) is 9.05. The van der Waals surface area contributed by atoms with Gasteiger partial charge in [0.2, 0.25) is 0 Å². The number of benzene rings is 1. The lowest BCUT2D eigenvalue weighted by Crippen LogP contribution is -2.33. The second-order valence-corrected chi connectivity index (χ2v) is 6.02. The van der Waals surface area contributed by atoms with Gasteiger partial charge in [-0.25, -0.2) is 0 Å². The molecule has 3 heteroatoms.